The van der Waals surface area contributed by atoms with Crippen LogP contribution in [-0.2, 0) is 19.4 Å². The van der Waals surface area contributed by atoms with Crippen molar-refractivity contribution in [1.82, 2.24) is 15.0 Å². The summed E-state index contributed by atoms with van der Waals surface area (Å²) in [4.78, 5) is 17.7. The Bertz CT molecular complexity index is 683. The van der Waals surface area contributed by atoms with E-state index in [1.807, 2.05) is 19.1 Å². The zero-order chi connectivity index (χ0) is 16.2. The first kappa shape index (κ1) is 15.7. The van der Waals surface area contributed by atoms with Crippen LogP contribution in [0.25, 0.3) is 0 Å². The molecule has 1 aromatic heterocycles. The van der Waals surface area contributed by atoms with Gasteiger partial charge in [-0.3, -0.25) is 4.90 Å². The highest BCUT2D eigenvalue weighted by Crippen LogP contribution is 2.22. The average Bonchev–Trinajstić information content (AvgIpc) is 3.17. The molecule has 0 spiro atoms. The Morgan fingerprint density at radius 1 is 1.48 bits per heavy atom. The van der Waals surface area contributed by atoms with Crippen molar-refractivity contribution in [2.45, 2.75) is 32.7 Å². The Kier molecular flexibility index (Phi) is 4.71. The molecular formula is C17H21N3O3. The van der Waals surface area contributed by atoms with Crippen molar-refractivity contribution in [3.63, 3.8) is 0 Å². The van der Waals surface area contributed by atoms with Crippen LogP contribution in [-0.4, -0.2) is 39.2 Å². The summed E-state index contributed by atoms with van der Waals surface area (Å²) in [5.41, 5.74) is 1.44. The minimum absolute atomic E-state index is 0.357. The predicted molar refractivity (Wildman–Crippen MR) is 84.2 cm³/mol. The highest BCUT2D eigenvalue weighted by Gasteiger charge is 2.24. The van der Waals surface area contributed by atoms with E-state index in [9.17, 15) is 4.79 Å². The number of carboxylic acid groups (broad SMARTS) is 1. The number of aromatic carboxylic acids is 1. The van der Waals surface area contributed by atoms with E-state index in [1.165, 1.54) is 0 Å². The summed E-state index contributed by atoms with van der Waals surface area (Å²) < 4.78 is 5.25. The summed E-state index contributed by atoms with van der Waals surface area (Å²) in [6.07, 6.45) is 2.79. The highest BCUT2D eigenvalue weighted by molar-refractivity contribution is 5.87. The molecule has 1 fully saturated rings. The molecule has 6 nitrogen and oxygen atoms in total. The largest absolute Gasteiger partial charge is 0.478 e. The number of carboxylic acids is 1. The van der Waals surface area contributed by atoms with Crippen molar-refractivity contribution in [2.75, 3.05) is 13.1 Å². The second kappa shape index (κ2) is 6.91. The molecule has 0 aliphatic carbocycles. The smallest absolute Gasteiger partial charge is 0.335 e. The molecule has 6 heteroatoms. The Balaban J connectivity index is 1.55. The van der Waals surface area contributed by atoms with Crippen LogP contribution >= 0.6 is 0 Å². The van der Waals surface area contributed by atoms with Gasteiger partial charge in [0.1, 0.15) is 0 Å². The SMILES string of the molecule is CCc1noc(CN2CCC(Cc3cccc(C(=O)O)c3)C2)n1. The van der Waals surface area contributed by atoms with Crippen LogP contribution in [0, 0.1) is 5.92 Å². The minimum Gasteiger partial charge on any atom is -0.478 e. The summed E-state index contributed by atoms with van der Waals surface area (Å²) >= 11 is 0. The van der Waals surface area contributed by atoms with Crippen LogP contribution in [0.4, 0.5) is 0 Å². The van der Waals surface area contributed by atoms with Gasteiger partial charge in [0.05, 0.1) is 12.1 Å². The molecule has 0 radical (unpaired) electrons. The molecule has 1 aromatic carbocycles. The number of carbonyl (C=O) groups is 1. The maximum atomic E-state index is 11.0. The highest BCUT2D eigenvalue weighted by atomic mass is 16.5. The van der Waals surface area contributed by atoms with E-state index in [0.717, 1.165) is 43.7 Å². The van der Waals surface area contributed by atoms with Gasteiger partial charge in [0.25, 0.3) is 0 Å². The van der Waals surface area contributed by atoms with E-state index in [2.05, 4.69) is 15.0 Å². The lowest BCUT2D eigenvalue weighted by molar-refractivity contribution is 0.0696. The standard InChI is InChI=1S/C17H21N3O3/c1-2-15-18-16(23-19-15)11-20-7-6-13(10-20)8-12-4-3-5-14(9-12)17(21)22/h3-5,9,13H,2,6-8,10-11H2,1H3,(H,21,22). The third-order valence-electron chi connectivity index (χ3n) is 4.25. The fourth-order valence-electron chi connectivity index (χ4n) is 3.08. The van der Waals surface area contributed by atoms with Crippen molar-refractivity contribution in [3.05, 3.63) is 47.1 Å². The van der Waals surface area contributed by atoms with Crippen LogP contribution in [0.5, 0.6) is 0 Å². The van der Waals surface area contributed by atoms with E-state index >= 15 is 0 Å². The maximum Gasteiger partial charge on any atom is 0.335 e. The van der Waals surface area contributed by atoms with Crippen LogP contribution in [0.3, 0.4) is 0 Å². The van der Waals surface area contributed by atoms with Crippen LogP contribution in [0.2, 0.25) is 0 Å². The predicted octanol–water partition coefficient (Wildman–Crippen LogP) is 2.39. The second-order valence-electron chi connectivity index (χ2n) is 6.06. The fourth-order valence-corrected chi connectivity index (χ4v) is 3.08. The first-order chi connectivity index (χ1) is 11.1. The number of likely N-dealkylation sites (tertiary alicyclic amines) is 1. The lowest BCUT2D eigenvalue weighted by Gasteiger charge is -2.13. The van der Waals surface area contributed by atoms with Gasteiger partial charge >= 0.3 is 5.97 Å². The normalized spacial score (nSPS) is 18.4. The molecule has 23 heavy (non-hydrogen) atoms. The first-order valence-electron chi connectivity index (χ1n) is 8.00. The zero-order valence-electron chi connectivity index (χ0n) is 13.2. The quantitative estimate of drug-likeness (QED) is 0.881. The number of rotatable bonds is 6. The molecule has 3 rings (SSSR count). The molecule has 0 amide bonds. The fraction of sp³-hybridized carbons (Fsp3) is 0.471. The third kappa shape index (κ3) is 3.96. The van der Waals surface area contributed by atoms with Crippen LogP contribution < -0.4 is 0 Å². The number of benzene rings is 1. The van der Waals surface area contributed by atoms with Gasteiger partial charge in [-0.2, -0.15) is 4.98 Å². The maximum absolute atomic E-state index is 11.0. The molecule has 1 atom stereocenters. The summed E-state index contributed by atoms with van der Waals surface area (Å²) in [5, 5.41) is 13.0. The molecule has 1 aliphatic heterocycles. The van der Waals surface area contributed by atoms with Gasteiger partial charge in [-0.1, -0.05) is 24.2 Å². The van der Waals surface area contributed by atoms with E-state index in [1.54, 1.807) is 12.1 Å². The molecule has 1 unspecified atom stereocenters. The summed E-state index contributed by atoms with van der Waals surface area (Å²) in [6, 6.07) is 7.22. The van der Waals surface area contributed by atoms with E-state index in [0.29, 0.717) is 23.9 Å². The van der Waals surface area contributed by atoms with Gasteiger partial charge in [-0.05, 0) is 43.0 Å². The van der Waals surface area contributed by atoms with E-state index in [4.69, 9.17) is 9.63 Å². The van der Waals surface area contributed by atoms with Gasteiger partial charge in [-0.15, -0.1) is 0 Å². The Hall–Kier alpha value is -2.21. The molecule has 1 N–H and O–H groups in total. The zero-order valence-corrected chi connectivity index (χ0v) is 13.2. The van der Waals surface area contributed by atoms with Gasteiger partial charge in [0.2, 0.25) is 5.89 Å². The number of aromatic nitrogens is 2. The minimum atomic E-state index is -0.872. The second-order valence-corrected chi connectivity index (χ2v) is 6.06. The number of hydrogen-bond donors (Lipinski definition) is 1. The van der Waals surface area contributed by atoms with Gasteiger partial charge in [-0.25, -0.2) is 4.79 Å². The molecule has 2 aromatic rings. The summed E-state index contributed by atoms with van der Waals surface area (Å²) in [6.45, 7) is 4.68. The van der Waals surface area contributed by atoms with Gasteiger partial charge < -0.3 is 9.63 Å². The topological polar surface area (TPSA) is 79.5 Å². The lowest BCUT2D eigenvalue weighted by atomic mass is 9.97. The Labute approximate surface area is 135 Å². The van der Waals surface area contributed by atoms with Crippen LogP contribution in [0.15, 0.2) is 28.8 Å². The Morgan fingerprint density at radius 3 is 3.09 bits per heavy atom. The average molecular weight is 315 g/mol. The third-order valence-corrected chi connectivity index (χ3v) is 4.25. The van der Waals surface area contributed by atoms with Crippen molar-refractivity contribution in [3.8, 4) is 0 Å². The number of aryl methyl sites for hydroxylation is 1. The first-order valence-corrected chi connectivity index (χ1v) is 8.00. The van der Waals surface area contributed by atoms with Gasteiger partial charge in [0.15, 0.2) is 5.82 Å². The molecule has 1 saturated heterocycles. The molecule has 1 aliphatic rings. The molecule has 0 saturated carbocycles. The number of nitrogens with zero attached hydrogens (tertiary/aromatic N) is 3. The molecule has 0 bridgehead atoms. The molecule has 122 valence electrons. The monoisotopic (exact) mass is 315 g/mol. The number of hydrogen-bond acceptors (Lipinski definition) is 5. The van der Waals surface area contributed by atoms with E-state index < -0.39 is 5.97 Å². The lowest BCUT2D eigenvalue weighted by Crippen LogP contribution is -2.21. The molecular weight excluding hydrogens is 294 g/mol. The van der Waals surface area contributed by atoms with Crippen molar-refractivity contribution < 1.29 is 14.4 Å². The van der Waals surface area contributed by atoms with Gasteiger partial charge in [0, 0.05) is 13.0 Å². The van der Waals surface area contributed by atoms with Crippen molar-refractivity contribution in [2.24, 2.45) is 5.92 Å². The van der Waals surface area contributed by atoms with E-state index in [-0.39, 0.29) is 0 Å². The van der Waals surface area contributed by atoms with Crippen LogP contribution in [0.1, 0.15) is 41.0 Å². The summed E-state index contributed by atoms with van der Waals surface area (Å²) in [7, 11) is 0. The van der Waals surface area contributed by atoms with Crippen molar-refractivity contribution in [1.29, 1.82) is 0 Å². The summed E-state index contributed by atoms with van der Waals surface area (Å²) in [5.74, 6) is 1.09. The van der Waals surface area contributed by atoms with Crippen molar-refractivity contribution >= 4 is 5.97 Å². The Morgan fingerprint density at radius 2 is 2.35 bits per heavy atom. The molecule has 2 heterocycles.